The molecule has 0 aliphatic carbocycles. The second kappa shape index (κ2) is 13.6. The highest BCUT2D eigenvalue weighted by molar-refractivity contribution is 7.00. The van der Waals surface area contributed by atoms with Crippen molar-refractivity contribution in [3.05, 3.63) is 181 Å². The maximum Gasteiger partial charge on any atom is 0.261 e. The number of aryl methyl sites for hydroxylation is 2. The molecule has 0 saturated carbocycles. The Morgan fingerprint density at radius 1 is 0.421 bits per heavy atom. The van der Waals surface area contributed by atoms with Crippen LogP contribution >= 0.6 is 0 Å². The van der Waals surface area contributed by atoms with Crippen LogP contribution in [0.25, 0.3) is 10.8 Å². The van der Waals surface area contributed by atoms with Crippen molar-refractivity contribution in [1.29, 1.82) is 0 Å². The average molecular weight is 755 g/mol. The Morgan fingerprint density at radius 2 is 0.895 bits per heavy atom. The molecule has 4 nitrogen and oxygen atoms in total. The maximum atomic E-state index is 7.15. The largest absolute Gasteiger partial charge is 0.458 e. The first kappa shape index (κ1) is 35.0. The fourth-order valence-electron chi connectivity index (χ4n) is 8.51. The van der Waals surface area contributed by atoms with Crippen molar-refractivity contribution in [2.45, 2.75) is 33.5 Å². The van der Waals surface area contributed by atoms with E-state index in [0.29, 0.717) is 0 Å². The Balaban J connectivity index is 1.21. The molecule has 0 atom stereocenters. The van der Waals surface area contributed by atoms with E-state index in [4.69, 9.17) is 9.47 Å². The van der Waals surface area contributed by atoms with Gasteiger partial charge in [0.15, 0.2) is 0 Å². The summed E-state index contributed by atoms with van der Waals surface area (Å²) in [5.41, 5.74) is 12.3. The normalized spacial score (nSPS) is 12.5. The van der Waals surface area contributed by atoms with Crippen LogP contribution in [0.5, 0.6) is 23.0 Å². The second-order valence-electron chi connectivity index (χ2n) is 16.4. The first-order valence-electron chi connectivity index (χ1n) is 19.8. The van der Waals surface area contributed by atoms with Gasteiger partial charge in [0.25, 0.3) is 6.71 Å². The molecule has 2 aliphatic rings. The minimum Gasteiger partial charge on any atom is -0.458 e. The molecule has 276 valence electrons. The van der Waals surface area contributed by atoms with E-state index in [-0.39, 0.29) is 6.71 Å². The first-order chi connectivity index (χ1) is 27.7. The van der Waals surface area contributed by atoms with E-state index in [9.17, 15) is 0 Å². The number of rotatable bonds is 7. The minimum atomic E-state index is -1.78. The Hall–Kier alpha value is -6.50. The van der Waals surface area contributed by atoms with Crippen LogP contribution in [0.2, 0.25) is 19.6 Å². The number of fused-ring (bicyclic) bond motifs is 6. The van der Waals surface area contributed by atoms with E-state index in [1.54, 1.807) is 0 Å². The number of nitrogens with zero attached hydrogens (tertiary/aromatic N) is 2. The number of para-hydroxylation sites is 2. The smallest absolute Gasteiger partial charge is 0.261 e. The van der Waals surface area contributed by atoms with Gasteiger partial charge in [0, 0.05) is 51.4 Å². The zero-order valence-electron chi connectivity index (χ0n) is 33.0. The van der Waals surface area contributed by atoms with Crippen molar-refractivity contribution < 1.29 is 9.47 Å². The molecule has 0 aromatic heterocycles. The van der Waals surface area contributed by atoms with Gasteiger partial charge in [-0.1, -0.05) is 127 Å². The van der Waals surface area contributed by atoms with Gasteiger partial charge in [-0.2, -0.15) is 0 Å². The van der Waals surface area contributed by atoms with Crippen LogP contribution in [-0.2, 0) is 0 Å². The van der Waals surface area contributed by atoms with Gasteiger partial charge in [-0.3, -0.25) is 0 Å². The molecule has 2 aliphatic heterocycles. The van der Waals surface area contributed by atoms with Gasteiger partial charge in [-0.15, -0.1) is 0 Å². The van der Waals surface area contributed by atoms with Gasteiger partial charge in [0.2, 0.25) is 0 Å². The Kier molecular flexibility index (Phi) is 8.35. The molecule has 6 heteroatoms. The lowest BCUT2D eigenvalue weighted by Gasteiger charge is -2.37. The van der Waals surface area contributed by atoms with Crippen LogP contribution in [0, 0.1) is 13.8 Å². The predicted molar refractivity (Wildman–Crippen MR) is 243 cm³/mol. The molecule has 0 saturated heterocycles. The highest BCUT2D eigenvalue weighted by atomic mass is 28.3. The SMILES string of the molecule is Cc1ccc(N(c2ccc(C)cc2)c2ccc3c(c2)Oc2cc([Si](C)(C)C)cc4c2B3c2c(cc(N(c3ccccc3)c3ccccc3)c3ccccc23)O4)cc1. The lowest BCUT2D eigenvalue weighted by Crippen LogP contribution is -2.58. The van der Waals surface area contributed by atoms with E-state index in [2.05, 4.69) is 213 Å². The lowest BCUT2D eigenvalue weighted by atomic mass is 9.34. The third-order valence-corrected chi connectivity index (χ3v) is 13.5. The van der Waals surface area contributed by atoms with Gasteiger partial charge in [-0.05, 0) is 96.9 Å². The van der Waals surface area contributed by atoms with E-state index in [1.807, 2.05) is 0 Å². The van der Waals surface area contributed by atoms with Gasteiger partial charge >= 0.3 is 0 Å². The first-order valence-corrected chi connectivity index (χ1v) is 23.3. The molecule has 0 bridgehead atoms. The molecule has 0 N–H and O–H groups in total. The number of benzene rings is 8. The zero-order valence-corrected chi connectivity index (χ0v) is 34.0. The van der Waals surface area contributed by atoms with Crippen LogP contribution in [0.15, 0.2) is 170 Å². The number of ether oxygens (including phenoxy) is 2. The van der Waals surface area contributed by atoms with Crippen molar-refractivity contribution in [3.8, 4) is 23.0 Å². The fraction of sp³-hybridized carbons (Fsp3) is 0.0980. The number of anilines is 6. The topological polar surface area (TPSA) is 24.9 Å². The van der Waals surface area contributed by atoms with E-state index in [0.717, 1.165) is 84.3 Å². The van der Waals surface area contributed by atoms with Crippen LogP contribution in [0.4, 0.5) is 34.1 Å². The highest BCUT2D eigenvalue weighted by Crippen LogP contribution is 2.45. The Labute approximate surface area is 336 Å². The maximum absolute atomic E-state index is 7.15. The van der Waals surface area contributed by atoms with Crippen LogP contribution < -0.4 is 40.8 Å². The Morgan fingerprint density at radius 3 is 1.46 bits per heavy atom. The molecule has 0 fully saturated rings. The monoisotopic (exact) mass is 754 g/mol. The summed E-state index contributed by atoms with van der Waals surface area (Å²) in [5, 5.41) is 3.62. The van der Waals surface area contributed by atoms with Crippen molar-refractivity contribution in [1.82, 2.24) is 0 Å². The summed E-state index contributed by atoms with van der Waals surface area (Å²) in [6, 6.07) is 61.2. The molecule has 0 radical (unpaired) electrons. The summed E-state index contributed by atoms with van der Waals surface area (Å²) in [6.07, 6.45) is 0. The quantitative estimate of drug-likeness (QED) is 0.151. The molecule has 10 rings (SSSR count). The minimum absolute atomic E-state index is 0.0970. The summed E-state index contributed by atoms with van der Waals surface area (Å²) in [6.45, 7) is 11.3. The molecule has 8 aromatic carbocycles. The zero-order chi connectivity index (χ0) is 38.8. The molecule has 57 heavy (non-hydrogen) atoms. The van der Waals surface area contributed by atoms with Gasteiger partial charge < -0.3 is 19.3 Å². The molecule has 0 spiro atoms. The number of hydrogen-bond donors (Lipinski definition) is 0. The summed E-state index contributed by atoms with van der Waals surface area (Å²) >= 11 is 0. The second-order valence-corrected chi connectivity index (χ2v) is 21.4. The van der Waals surface area contributed by atoms with Gasteiger partial charge in [0.1, 0.15) is 23.0 Å². The van der Waals surface area contributed by atoms with Crippen molar-refractivity contribution in [2.75, 3.05) is 9.80 Å². The third kappa shape index (κ3) is 6.08. The summed E-state index contributed by atoms with van der Waals surface area (Å²) in [5.74, 6) is 3.50. The molecular formula is C51H43BN2O2Si. The average Bonchev–Trinajstić information content (AvgIpc) is 3.22. The molecule has 2 heterocycles. The van der Waals surface area contributed by atoms with Crippen LogP contribution in [0.3, 0.4) is 0 Å². The Bertz CT molecular complexity index is 2720. The van der Waals surface area contributed by atoms with Gasteiger partial charge in [-0.25, -0.2) is 0 Å². The lowest BCUT2D eigenvalue weighted by molar-refractivity contribution is 0.465. The molecular weight excluding hydrogens is 711 g/mol. The number of hydrogen-bond acceptors (Lipinski definition) is 4. The summed E-state index contributed by atoms with van der Waals surface area (Å²) in [7, 11) is -1.78. The summed E-state index contributed by atoms with van der Waals surface area (Å²) < 4.78 is 14.2. The van der Waals surface area contributed by atoms with Crippen LogP contribution in [-0.4, -0.2) is 14.8 Å². The molecule has 0 unspecified atom stereocenters. The molecule has 8 aromatic rings. The van der Waals surface area contributed by atoms with Crippen molar-refractivity contribution in [2.24, 2.45) is 0 Å². The van der Waals surface area contributed by atoms with E-state index >= 15 is 0 Å². The van der Waals surface area contributed by atoms with Crippen molar-refractivity contribution in [3.63, 3.8) is 0 Å². The standard InChI is InChI=1S/C51H43BN2O2Si/c1-34-20-24-38(25-21-34)53(39-26-22-35(2)23-27-39)40-28-29-44-46(30-40)55-47-31-41(57(3,4)5)32-48-51(47)52(44)50-43-19-13-12-18-42(43)45(33-49(50)56-48)54(36-14-8-6-9-15-36)37-16-10-7-11-17-37/h6-33H,1-5H3. The van der Waals surface area contributed by atoms with E-state index < -0.39 is 8.07 Å². The third-order valence-electron chi connectivity index (χ3n) is 11.4. The van der Waals surface area contributed by atoms with Gasteiger partial charge in [0.05, 0.1) is 13.8 Å². The molecule has 0 amide bonds. The van der Waals surface area contributed by atoms with Crippen molar-refractivity contribution >= 4 is 81.3 Å². The fourth-order valence-corrected chi connectivity index (χ4v) is 9.63. The van der Waals surface area contributed by atoms with E-state index in [1.165, 1.54) is 16.3 Å². The highest BCUT2D eigenvalue weighted by Gasteiger charge is 2.43. The summed E-state index contributed by atoms with van der Waals surface area (Å²) in [4.78, 5) is 4.67. The predicted octanol–water partition coefficient (Wildman–Crippen LogP) is 11.7. The van der Waals surface area contributed by atoms with Crippen LogP contribution in [0.1, 0.15) is 11.1 Å².